The molecule has 1 saturated carbocycles. The fourth-order valence-electron chi connectivity index (χ4n) is 0.459. The molecule has 0 aromatic carbocycles. The summed E-state index contributed by atoms with van der Waals surface area (Å²) >= 11 is 9.93. The predicted molar refractivity (Wildman–Crippen MR) is 28.7 cm³/mol. The van der Waals surface area contributed by atoms with Crippen LogP contribution in [0.15, 0.2) is 0 Å². The van der Waals surface area contributed by atoms with Crippen LogP contribution in [0.1, 0.15) is 6.42 Å². The Morgan fingerprint density at radius 3 is 2.25 bits per heavy atom. The molecule has 1 nitrogen and oxygen atoms in total. The fraction of sp³-hybridized carbons (Fsp3) is 0.750. The lowest BCUT2D eigenvalue weighted by molar-refractivity contribution is -0.113. The summed E-state index contributed by atoms with van der Waals surface area (Å²) < 4.78 is 12.2. The van der Waals surface area contributed by atoms with Crippen LogP contribution >= 0.6 is 23.2 Å². The molecule has 0 bridgehead atoms. The van der Waals surface area contributed by atoms with Crippen LogP contribution in [0.4, 0.5) is 4.39 Å². The van der Waals surface area contributed by atoms with Crippen LogP contribution in [0.25, 0.3) is 0 Å². The van der Waals surface area contributed by atoms with Gasteiger partial charge in [0.1, 0.15) is 0 Å². The average Bonchev–Trinajstić information content (AvgIpc) is 2.13. The van der Waals surface area contributed by atoms with E-state index in [-0.39, 0.29) is 6.42 Å². The third-order valence-electron chi connectivity index (χ3n) is 1.10. The second-order valence-corrected chi connectivity index (χ2v) is 2.82. The Morgan fingerprint density at radius 1 is 1.88 bits per heavy atom. The molecule has 46 valence electrons. The van der Waals surface area contributed by atoms with Gasteiger partial charge in [-0.25, -0.2) is 4.39 Å². The normalized spacial score (nSPS) is 44.1. The molecule has 0 radical (unpaired) electrons. The number of hydrogen-bond acceptors (Lipinski definition) is 1. The number of carbonyl (C=O) groups excluding carboxylic acids is 1. The van der Waals surface area contributed by atoms with Crippen LogP contribution in [-0.4, -0.2) is 10.4 Å². The van der Waals surface area contributed by atoms with Crippen LogP contribution in [-0.2, 0) is 4.79 Å². The largest absolute Gasteiger partial charge is 0.281 e. The Labute approximate surface area is 55.8 Å². The number of hydrogen-bond donors (Lipinski definition) is 0. The molecule has 0 amide bonds. The Hall–Kier alpha value is 0.180. The van der Waals surface area contributed by atoms with E-state index in [1.807, 2.05) is 0 Å². The SMILES string of the molecule is O=C(Cl)[C@@H]1C[C@]1(F)Cl. The smallest absolute Gasteiger partial charge is 0.229 e. The summed E-state index contributed by atoms with van der Waals surface area (Å²) in [6.07, 6.45) is 0.0664. The van der Waals surface area contributed by atoms with E-state index >= 15 is 0 Å². The van der Waals surface area contributed by atoms with Gasteiger partial charge in [0, 0.05) is 6.42 Å². The van der Waals surface area contributed by atoms with Crippen molar-refractivity contribution in [2.45, 2.75) is 11.5 Å². The highest BCUT2D eigenvalue weighted by Gasteiger charge is 2.58. The Bertz CT molecular complexity index is 134. The van der Waals surface area contributed by atoms with Crippen molar-refractivity contribution in [2.24, 2.45) is 5.92 Å². The Balaban J connectivity index is 2.48. The minimum Gasteiger partial charge on any atom is -0.281 e. The number of rotatable bonds is 1. The maximum Gasteiger partial charge on any atom is 0.229 e. The molecule has 0 aromatic heterocycles. The molecule has 0 unspecified atom stereocenters. The first kappa shape index (κ1) is 6.30. The van der Waals surface area contributed by atoms with E-state index in [9.17, 15) is 9.18 Å². The van der Waals surface area contributed by atoms with E-state index in [4.69, 9.17) is 23.2 Å². The lowest BCUT2D eigenvalue weighted by atomic mass is 10.5. The van der Waals surface area contributed by atoms with Gasteiger partial charge in [-0.2, -0.15) is 0 Å². The molecule has 0 aliphatic heterocycles. The topological polar surface area (TPSA) is 17.1 Å². The van der Waals surface area contributed by atoms with Gasteiger partial charge in [0.05, 0.1) is 5.92 Å². The summed E-state index contributed by atoms with van der Waals surface area (Å²) in [6.45, 7) is 0. The molecule has 1 rings (SSSR count). The van der Waals surface area contributed by atoms with Gasteiger partial charge in [0.25, 0.3) is 0 Å². The van der Waals surface area contributed by atoms with Crippen LogP contribution in [0.5, 0.6) is 0 Å². The zero-order valence-electron chi connectivity index (χ0n) is 3.83. The zero-order chi connectivity index (χ0) is 6.36. The van der Waals surface area contributed by atoms with Crippen LogP contribution in [0.2, 0.25) is 0 Å². The molecule has 1 aliphatic carbocycles. The van der Waals surface area contributed by atoms with Crippen molar-refractivity contribution in [1.82, 2.24) is 0 Å². The highest BCUT2D eigenvalue weighted by Crippen LogP contribution is 2.51. The van der Waals surface area contributed by atoms with E-state index in [0.717, 1.165) is 0 Å². The lowest BCUT2D eigenvalue weighted by Gasteiger charge is -1.87. The summed E-state index contributed by atoms with van der Waals surface area (Å²) in [4.78, 5) is 10.1. The van der Waals surface area contributed by atoms with Gasteiger partial charge in [-0.3, -0.25) is 4.79 Å². The summed E-state index contributed by atoms with van der Waals surface area (Å²) in [7, 11) is 0. The first-order valence-electron chi connectivity index (χ1n) is 2.11. The monoisotopic (exact) mass is 156 g/mol. The molecular formula is C4H3Cl2FO. The number of halogens is 3. The summed E-state index contributed by atoms with van der Waals surface area (Å²) in [5, 5.41) is -2.50. The summed E-state index contributed by atoms with van der Waals surface area (Å²) in [6, 6.07) is 0. The fourth-order valence-corrected chi connectivity index (χ4v) is 1.02. The molecule has 1 fully saturated rings. The van der Waals surface area contributed by atoms with E-state index < -0.39 is 16.3 Å². The lowest BCUT2D eigenvalue weighted by Crippen LogP contribution is -1.98. The molecule has 0 aromatic rings. The molecule has 2 atom stereocenters. The number of carbonyl (C=O) groups is 1. The molecule has 0 heterocycles. The van der Waals surface area contributed by atoms with Gasteiger partial charge in [-0.05, 0) is 11.6 Å². The standard InChI is InChI=1S/C4H3Cl2FO/c5-3(8)2-1-4(2,6)7/h2H,1H2/t2-,4+/m0/s1. The minimum absolute atomic E-state index is 0.0664. The van der Waals surface area contributed by atoms with Gasteiger partial charge < -0.3 is 0 Å². The van der Waals surface area contributed by atoms with Crippen molar-refractivity contribution in [3.63, 3.8) is 0 Å². The third-order valence-corrected chi connectivity index (χ3v) is 1.78. The number of alkyl halides is 2. The van der Waals surface area contributed by atoms with Gasteiger partial charge in [0.15, 0.2) is 5.13 Å². The van der Waals surface area contributed by atoms with E-state index in [1.165, 1.54) is 0 Å². The second kappa shape index (κ2) is 1.58. The van der Waals surface area contributed by atoms with Crippen LogP contribution in [0, 0.1) is 5.92 Å². The van der Waals surface area contributed by atoms with Gasteiger partial charge in [0.2, 0.25) is 5.24 Å². The highest BCUT2D eigenvalue weighted by atomic mass is 35.5. The van der Waals surface area contributed by atoms with Crippen LogP contribution < -0.4 is 0 Å². The average molecular weight is 157 g/mol. The molecular weight excluding hydrogens is 154 g/mol. The molecule has 0 spiro atoms. The first-order valence-corrected chi connectivity index (χ1v) is 2.87. The van der Waals surface area contributed by atoms with Crippen molar-refractivity contribution in [2.75, 3.05) is 0 Å². The van der Waals surface area contributed by atoms with Crippen molar-refractivity contribution in [3.05, 3.63) is 0 Å². The third kappa shape index (κ3) is 0.955. The maximum atomic E-state index is 12.2. The van der Waals surface area contributed by atoms with Crippen molar-refractivity contribution in [1.29, 1.82) is 0 Å². The second-order valence-electron chi connectivity index (χ2n) is 1.82. The molecule has 4 heteroatoms. The predicted octanol–water partition coefficient (Wildman–Crippen LogP) is 1.68. The van der Waals surface area contributed by atoms with Gasteiger partial charge in [-0.1, -0.05) is 11.6 Å². The summed E-state index contributed by atoms with van der Waals surface area (Å²) in [5.74, 6) is -0.758. The molecule has 0 saturated heterocycles. The zero-order valence-corrected chi connectivity index (χ0v) is 5.34. The first-order chi connectivity index (χ1) is 3.54. The Morgan fingerprint density at radius 2 is 2.25 bits per heavy atom. The van der Waals surface area contributed by atoms with Crippen molar-refractivity contribution >= 4 is 28.4 Å². The molecule has 8 heavy (non-hydrogen) atoms. The minimum atomic E-state index is -1.82. The highest BCUT2D eigenvalue weighted by molar-refractivity contribution is 6.65. The van der Waals surface area contributed by atoms with Crippen molar-refractivity contribution < 1.29 is 9.18 Å². The van der Waals surface area contributed by atoms with Crippen molar-refractivity contribution in [3.8, 4) is 0 Å². The van der Waals surface area contributed by atoms with Crippen LogP contribution in [0.3, 0.4) is 0 Å². The molecule has 0 N–H and O–H groups in total. The summed E-state index contributed by atoms with van der Waals surface area (Å²) in [5.41, 5.74) is 0. The van der Waals surface area contributed by atoms with E-state index in [1.54, 1.807) is 0 Å². The van der Waals surface area contributed by atoms with E-state index in [0.29, 0.717) is 0 Å². The Kier molecular flexibility index (Phi) is 1.24. The van der Waals surface area contributed by atoms with Gasteiger partial charge in [-0.15, -0.1) is 0 Å². The maximum absolute atomic E-state index is 12.2. The quantitative estimate of drug-likeness (QED) is 0.418. The molecule has 1 aliphatic rings. The van der Waals surface area contributed by atoms with E-state index in [2.05, 4.69) is 0 Å². The van der Waals surface area contributed by atoms with Gasteiger partial charge >= 0.3 is 0 Å².